The average molecular weight is 298 g/mol. The van der Waals surface area contributed by atoms with Crippen LogP contribution in [0, 0.1) is 0 Å². The lowest BCUT2D eigenvalue weighted by atomic mass is 10.0. The van der Waals surface area contributed by atoms with Crippen LogP contribution in [0.2, 0.25) is 0 Å². The molecule has 2 heterocycles. The number of hydrogen-bond donors (Lipinski definition) is 0. The maximum Gasteiger partial charge on any atom is 0.139 e. The molecule has 21 heavy (non-hydrogen) atoms. The van der Waals surface area contributed by atoms with E-state index in [2.05, 4.69) is 21.7 Å². The van der Waals surface area contributed by atoms with Crippen molar-refractivity contribution in [1.82, 2.24) is 14.5 Å². The summed E-state index contributed by atoms with van der Waals surface area (Å²) in [6.45, 7) is 0. The monoisotopic (exact) mass is 297 g/mol. The molecule has 1 aliphatic rings. The summed E-state index contributed by atoms with van der Waals surface area (Å²) in [5, 5.41) is 1.13. The van der Waals surface area contributed by atoms with Gasteiger partial charge in [0.05, 0.1) is 11.2 Å². The second-order valence-electron chi connectivity index (χ2n) is 5.51. The van der Waals surface area contributed by atoms with Crippen LogP contribution in [0.4, 0.5) is 0 Å². The molecule has 106 valence electrons. The van der Waals surface area contributed by atoms with Crippen LogP contribution in [0.1, 0.15) is 29.8 Å². The smallest absolute Gasteiger partial charge is 0.139 e. The van der Waals surface area contributed by atoms with Gasteiger partial charge in [0.2, 0.25) is 0 Å². The number of nitrogens with zero attached hydrogens (tertiary/aromatic N) is 3. The molecule has 0 radical (unpaired) electrons. The summed E-state index contributed by atoms with van der Waals surface area (Å²) < 4.78 is 2.14. The number of fused-ring (bicyclic) bond motifs is 2. The molecule has 0 fully saturated rings. The lowest BCUT2D eigenvalue weighted by Crippen LogP contribution is -2.08. The third kappa shape index (κ3) is 2.12. The summed E-state index contributed by atoms with van der Waals surface area (Å²) in [7, 11) is 0. The summed E-state index contributed by atoms with van der Waals surface area (Å²) in [5.74, 6) is 1.42. The summed E-state index contributed by atoms with van der Waals surface area (Å²) in [6, 6.07) is 10.2. The Morgan fingerprint density at radius 3 is 2.90 bits per heavy atom. The van der Waals surface area contributed by atoms with Crippen molar-refractivity contribution in [2.75, 3.05) is 0 Å². The van der Waals surface area contributed by atoms with E-state index in [4.69, 9.17) is 16.6 Å². The minimum atomic E-state index is 0.493. The topological polar surface area (TPSA) is 30.7 Å². The first-order valence-corrected chi connectivity index (χ1v) is 7.90. The maximum atomic E-state index is 6.13. The summed E-state index contributed by atoms with van der Waals surface area (Å²) in [6.07, 6.45) is 6.54. The van der Waals surface area contributed by atoms with Gasteiger partial charge in [-0.25, -0.2) is 9.97 Å². The number of aromatic nitrogens is 3. The van der Waals surface area contributed by atoms with Gasteiger partial charge in [-0.1, -0.05) is 18.2 Å². The van der Waals surface area contributed by atoms with Gasteiger partial charge < -0.3 is 0 Å². The number of hydrogen-bond acceptors (Lipinski definition) is 2. The van der Waals surface area contributed by atoms with Gasteiger partial charge in [-0.15, -0.1) is 11.6 Å². The van der Waals surface area contributed by atoms with E-state index in [1.807, 2.05) is 24.5 Å². The molecule has 0 atom stereocenters. The molecule has 0 unspecified atom stereocenters. The van der Waals surface area contributed by atoms with Gasteiger partial charge in [0.15, 0.2) is 0 Å². The van der Waals surface area contributed by atoms with Crippen molar-refractivity contribution in [2.24, 2.45) is 0 Å². The van der Waals surface area contributed by atoms with E-state index >= 15 is 0 Å². The Balaban J connectivity index is 1.92. The van der Waals surface area contributed by atoms with Crippen LogP contribution < -0.4 is 0 Å². The normalized spacial score (nSPS) is 14.3. The fourth-order valence-corrected chi connectivity index (χ4v) is 3.35. The van der Waals surface area contributed by atoms with E-state index in [-0.39, 0.29) is 0 Å². The van der Waals surface area contributed by atoms with Crippen LogP contribution >= 0.6 is 11.6 Å². The fraction of sp³-hybridized carbons (Fsp3) is 0.294. The highest BCUT2D eigenvalue weighted by molar-refractivity contribution is 6.18. The Morgan fingerprint density at radius 2 is 2.00 bits per heavy atom. The standard InChI is InChI=1S/C17H16ClN3/c18-10-12-9-17(20-14-6-2-1-5-13(12)14)21-11-19-15-7-3-4-8-16(15)21/h1-2,5-6,9,11H,3-4,7-8,10H2. The van der Waals surface area contributed by atoms with Crippen LogP contribution in [-0.4, -0.2) is 14.5 Å². The van der Waals surface area contributed by atoms with E-state index in [1.54, 1.807) is 0 Å². The zero-order chi connectivity index (χ0) is 14.2. The lowest BCUT2D eigenvalue weighted by Gasteiger charge is -2.14. The molecule has 0 bridgehead atoms. The van der Waals surface area contributed by atoms with Gasteiger partial charge in [-0.3, -0.25) is 4.57 Å². The van der Waals surface area contributed by atoms with Crippen LogP contribution in [0.25, 0.3) is 16.7 Å². The summed E-state index contributed by atoms with van der Waals surface area (Å²) in [5.41, 5.74) is 4.65. The highest BCUT2D eigenvalue weighted by Gasteiger charge is 2.17. The molecule has 1 aromatic carbocycles. The number of halogens is 1. The van der Waals surface area contributed by atoms with E-state index in [1.165, 1.54) is 24.2 Å². The molecule has 0 saturated heterocycles. The minimum Gasteiger partial charge on any atom is -0.287 e. The van der Waals surface area contributed by atoms with Crippen molar-refractivity contribution in [3.05, 3.63) is 53.6 Å². The number of alkyl halides is 1. The van der Waals surface area contributed by atoms with Crippen LogP contribution in [0.5, 0.6) is 0 Å². The first kappa shape index (κ1) is 12.8. The summed E-state index contributed by atoms with van der Waals surface area (Å²) >= 11 is 6.13. The fourth-order valence-electron chi connectivity index (χ4n) is 3.13. The largest absolute Gasteiger partial charge is 0.287 e. The zero-order valence-electron chi connectivity index (χ0n) is 11.7. The molecule has 0 spiro atoms. The first-order valence-electron chi connectivity index (χ1n) is 7.37. The van der Waals surface area contributed by atoms with E-state index in [0.29, 0.717) is 5.88 Å². The van der Waals surface area contributed by atoms with Gasteiger partial charge >= 0.3 is 0 Å². The molecule has 0 saturated carbocycles. The molecule has 4 heteroatoms. The molecule has 0 aliphatic heterocycles. The zero-order valence-corrected chi connectivity index (χ0v) is 12.5. The molecule has 0 amide bonds. The van der Waals surface area contributed by atoms with Crippen LogP contribution in [-0.2, 0) is 18.7 Å². The molecule has 2 aromatic heterocycles. The Morgan fingerprint density at radius 1 is 1.14 bits per heavy atom. The highest BCUT2D eigenvalue weighted by Crippen LogP contribution is 2.26. The van der Waals surface area contributed by atoms with E-state index in [0.717, 1.165) is 35.1 Å². The molecular formula is C17H16ClN3. The lowest BCUT2D eigenvalue weighted by molar-refractivity contribution is 0.654. The first-order chi connectivity index (χ1) is 10.4. The van der Waals surface area contributed by atoms with Gasteiger partial charge in [0.1, 0.15) is 12.1 Å². The predicted molar refractivity (Wildman–Crippen MR) is 85.1 cm³/mol. The van der Waals surface area contributed by atoms with Gasteiger partial charge in [0.25, 0.3) is 0 Å². The Labute approximate surface area is 128 Å². The number of benzene rings is 1. The number of para-hydroxylation sites is 1. The molecular weight excluding hydrogens is 282 g/mol. The SMILES string of the molecule is ClCc1cc(-n2cnc3c2CCCC3)nc2ccccc12. The number of pyridine rings is 1. The van der Waals surface area contributed by atoms with Gasteiger partial charge in [-0.2, -0.15) is 0 Å². The second-order valence-corrected chi connectivity index (χ2v) is 5.77. The molecule has 1 aliphatic carbocycles. The third-order valence-corrected chi connectivity index (χ3v) is 4.50. The summed E-state index contributed by atoms with van der Waals surface area (Å²) in [4.78, 5) is 9.36. The number of rotatable bonds is 2. The van der Waals surface area contributed by atoms with E-state index in [9.17, 15) is 0 Å². The molecule has 3 aromatic rings. The van der Waals surface area contributed by atoms with Crippen molar-refractivity contribution in [3.8, 4) is 5.82 Å². The molecule has 4 rings (SSSR count). The average Bonchev–Trinajstić information content (AvgIpc) is 2.98. The molecule has 3 nitrogen and oxygen atoms in total. The van der Waals surface area contributed by atoms with Gasteiger partial charge in [-0.05, 0) is 43.4 Å². The van der Waals surface area contributed by atoms with Crippen molar-refractivity contribution < 1.29 is 0 Å². The predicted octanol–water partition coefficient (Wildman–Crippen LogP) is 4.04. The Kier molecular flexibility index (Phi) is 3.15. The highest BCUT2D eigenvalue weighted by atomic mass is 35.5. The second kappa shape index (κ2) is 5.15. The van der Waals surface area contributed by atoms with Gasteiger partial charge in [0, 0.05) is 17.0 Å². The number of imidazole rings is 1. The van der Waals surface area contributed by atoms with Crippen molar-refractivity contribution in [2.45, 2.75) is 31.6 Å². The van der Waals surface area contributed by atoms with Crippen LogP contribution in [0.3, 0.4) is 0 Å². The van der Waals surface area contributed by atoms with Crippen molar-refractivity contribution in [3.63, 3.8) is 0 Å². The maximum absolute atomic E-state index is 6.13. The van der Waals surface area contributed by atoms with E-state index < -0.39 is 0 Å². The molecule has 0 N–H and O–H groups in total. The van der Waals surface area contributed by atoms with Crippen molar-refractivity contribution in [1.29, 1.82) is 0 Å². The number of aryl methyl sites for hydroxylation is 1. The van der Waals surface area contributed by atoms with Crippen LogP contribution in [0.15, 0.2) is 36.7 Å². The third-order valence-electron chi connectivity index (χ3n) is 4.21. The Hall–Kier alpha value is -1.87. The quantitative estimate of drug-likeness (QED) is 0.668. The minimum absolute atomic E-state index is 0.493. The Bertz CT molecular complexity index is 807. The van der Waals surface area contributed by atoms with Crippen molar-refractivity contribution >= 4 is 22.5 Å².